The van der Waals surface area contributed by atoms with Crippen molar-refractivity contribution in [3.8, 4) is 0 Å². The molecule has 0 aliphatic heterocycles. The molecule has 9 heteroatoms. The molecule has 144 valence electrons. The van der Waals surface area contributed by atoms with Crippen LogP contribution in [0.5, 0.6) is 0 Å². The van der Waals surface area contributed by atoms with Gasteiger partial charge in [0.25, 0.3) is 11.4 Å². The molecule has 0 fully saturated rings. The molecule has 0 bridgehead atoms. The molecule has 0 aromatic heterocycles. The first-order valence-corrected chi connectivity index (χ1v) is 8.57. The smallest absolute Gasteiger partial charge is 0.296 e. The van der Waals surface area contributed by atoms with Gasteiger partial charge in [0.05, 0.1) is 12.8 Å². The Morgan fingerprint density at radius 3 is 1.56 bits per heavy atom. The van der Waals surface area contributed by atoms with Crippen LogP contribution >= 0.6 is 0 Å². The third kappa shape index (κ3) is 6.79. The van der Waals surface area contributed by atoms with Gasteiger partial charge in [-0.05, 0) is 24.3 Å². The summed E-state index contributed by atoms with van der Waals surface area (Å²) in [7, 11) is 0. The fourth-order valence-electron chi connectivity index (χ4n) is 2.36. The number of nitrogens with zero attached hydrogens (tertiary/aromatic N) is 4. The zero-order valence-corrected chi connectivity index (χ0v) is 14.8. The van der Waals surface area contributed by atoms with Crippen molar-refractivity contribution in [3.63, 3.8) is 0 Å². The fourth-order valence-corrected chi connectivity index (χ4v) is 2.36. The van der Waals surface area contributed by atoms with Crippen LogP contribution in [-0.4, -0.2) is 57.0 Å². The Labute approximate surface area is 156 Å². The van der Waals surface area contributed by atoms with Crippen LogP contribution in [0.2, 0.25) is 0 Å². The van der Waals surface area contributed by atoms with Gasteiger partial charge in [0.1, 0.15) is 11.5 Å². The van der Waals surface area contributed by atoms with Crippen molar-refractivity contribution in [1.82, 2.24) is 0 Å². The molecule has 2 unspecified atom stereocenters. The highest BCUT2D eigenvalue weighted by atomic mass is 16.8. The summed E-state index contributed by atoms with van der Waals surface area (Å²) >= 11 is 0. The minimum Gasteiger partial charge on any atom is -0.465 e. The summed E-state index contributed by atoms with van der Waals surface area (Å²) in [5.74, 6) is 1.04. The van der Waals surface area contributed by atoms with Gasteiger partial charge in [-0.25, -0.2) is 0 Å². The summed E-state index contributed by atoms with van der Waals surface area (Å²) in [6, 6.07) is 0. The van der Waals surface area contributed by atoms with E-state index in [4.69, 9.17) is 25.3 Å². The van der Waals surface area contributed by atoms with Gasteiger partial charge < -0.3 is 35.5 Å². The lowest BCUT2D eigenvalue weighted by Crippen LogP contribution is -2.28. The molecule has 0 spiro atoms. The van der Waals surface area contributed by atoms with Gasteiger partial charge in [-0.2, -0.15) is 9.58 Å². The average molecular weight is 374 g/mol. The normalized spacial score (nSPS) is 18.1. The number of hydrogen-bond acceptors (Lipinski definition) is 5. The van der Waals surface area contributed by atoms with Gasteiger partial charge in [-0.3, -0.25) is 0 Å². The Bertz CT molecular complexity index is 681. The number of rotatable bonds is 10. The summed E-state index contributed by atoms with van der Waals surface area (Å²) < 4.78 is 17.2. The molecule has 2 aliphatic carbocycles. The quantitative estimate of drug-likeness (QED) is 0.338. The second-order valence-corrected chi connectivity index (χ2v) is 5.73. The monoisotopic (exact) mass is 374 g/mol. The molecule has 0 radical (unpaired) electrons. The maximum absolute atomic E-state index is 9.27. The lowest BCUT2D eigenvalue weighted by atomic mass is 10.1. The van der Waals surface area contributed by atoms with Gasteiger partial charge in [0, 0.05) is 38.2 Å². The molecule has 0 aromatic rings. The van der Waals surface area contributed by atoms with E-state index in [-0.39, 0.29) is 26.1 Å². The summed E-state index contributed by atoms with van der Waals surface area (Å²) in [5, 5.41) is 18.5. The predicted octanol–water partition coefficient (Wildman–Crippen LogP) is 1.48. The van der Waals surface area contributed by atoms with Crippen molar-refractivity contribution >= 4 is 11.4 Å². The Hall–Kier alpha value is -2.80. The lowest BCUT2D eigenvalue weighted by molar-refractivity contribution is -0.227. The Balaban J connectivity index is 1.98. The van der Waals surface area contributed by atoms with Crippen LogP contribution in [0.15, 0.2) is 48.0 Å². The van der Waals surface area contributed by atoms with Crippen molar-refractivity contribution < 1.29 is 34.0 Å². The van der Waals surface area contributed by atoms with E-state index in [0.717, 1.165) is 0 Å². The van der Waals surface area contributed by atoms with Crippen LogP contribution < -0.4 is 0 Å². The lowest BCUT2D eigenvalue weighted by Gasteiger charge is -2.26. The summed E-state index contributed by atoms with van der Waals surface area (Å²) in [4.78, 5) is 6.24. The van der Waals surface area contributed by atoms with E-state index in [0.29, 0.717) is 35.8 Å². The minimum absolute atomic E-state index is 0.157. The van der Waals surface area contributed by atoms with Gasteiger partial charge in [-0.1, -0.05) is 0 Å². The summed E-state index contributed by atoms with van der Waals surface area (Å²) in [5.41, 5.74) is 18.5. The molecule has 0 saturated carbocycles. The molecule has 2 rings (SSSR count). The van der Waals surface area contributed by atoms with Crippen LogP contribution in [0, 0.1) is 0 Å². The van der Waals surface area contributed by atoms with Crippen molar-refractivity contribution in [2.24, 2.45) is 0 Å². The van der Waals surface area contributed by atoms with Crippen molar-refractivity contribution in [2.45, 2.75) is 38.3 Å². The topological polar surface area (TPSA) is 141 Å². The first-order chi connectivity index (χ1) is 13.2. The molecule has 0 amide bonds. The highest BCUT2D eigenvalue weighted by molar-refractivity contribution is 5.93. The minimum atomic E-state index is -0.794. The largest absolute Gasteiger partial charge is 0.465 e. The fraction of sp³-hybridized carbons (Fsp3) is 0.444. The van der Waals surface area contributed by atoms with Gasteiger partial charge in [0.2, 0.25) is 12.6 Å². The molecule has 0 heterocycles. The van der Waals surface area contributed by atoms with Crippen LogP contribution in [0.25, 0.3) is 11.1 Å². The second-order valence-electron chi connectivity index (χ2n) is 5.73. The number of aliphatic hydroxyl groups excluding tert-OH is 2. The van der Waals surface area contributed by atoms with Gasteiger partial charge >= 0.3 is 0 Å². The highest BCUT2D eigenvalue weighted by Crippen LogP contribution is 2.19. The Morgan fingerprint density at radius 2 is 1.26 bits per heavy atom. The molecule has 27 heavy (non-hydrogen) atoms. The number of aliphatic hydroxyl groups is 2. The van der Waals surface area contributed by atoms with E-state index < -0.39 is 12.6 Å². The van der Waals surface area contributed by atoms with E-state index in [2.05, 4.69) is 9.58 Å². The Morgan fingerprint density at radius 1 is 0.815 bits per heavy atom. The van der Waals surface area contributed by atoms with Crippen molar-refractivity contribution in [3.05, 3.63) is 59.0 Å². The first kappa shape index (κ1) is 20.5. The molecular weight excluding hydrogens is 352 g/mol. The maximum atomic E-state index is 9.27. The predicted molar refractivity (Wildman–Crippen MR) is 95.2 cm³/mol. The average Bonchev–Trinajstić information content (AvgIpc) is 2.69. The van der Waals surface area contributed by atoms with Crippen molar-refractivity contribution in [2.75, 3.05) is 13.2 Å². The van der Waals surface area contributed by atoms with E-state index >= 15 is 0 Å². The highest BCUT2D eigenvalue weighted by Gasteiger charge is 2.22. The van der Waals surface area contributed by atoms with E-state index in [1.54, 1.807) is 36.5 Å². The molecule has 2 atom stereocenters. The molecular formula is C18H22N4O5. The van der Waals surface area contributed by atoms with E-state index in [1.807, 2.05) is 0 Å². The van der Waals surface area contributed by atoms with Crippen LogP contribution in [0.1, 0.15) is 25.7 Å². The van der Waals surface area contributed by atoms with Crippen LogP contribution in [0.3, 0.4) is 0 Å². The van der Waals surface area contributed by atoms with E-state index in [1.165, 1.54) is 0 Å². The molecule has 2 aliphatic rings. The maximum Gasteiger partial charge on any atom is 0.296 e. The van der Waals surface area contributed by atoms with Gasteiger partial charge in [0.15, 0.2) is 0 Å². The third-order valence-corrected chi connectivity index (χ3v) is 3.73. The summed E-state index contributed by atoms with van der Waals surface area (Å²) in [6.07, 6.45) is 9.60. The zero-order chi connectivity index (χ0) is 19.5. The molecule has 0 aromatic carbocycles. The summed E-state index contributed by atoms with van der Waals surface area (Å²) in [6.45, 7) is -0.314. The standard InChI is InChI=1S/C18H22N4O5/c19-21-13-1-5-15(6-2-13)25-17(9-11-23)27-18(10-12-24)26-16-7-3-14(22-20)4-8-16/h1,3,5-8,17-18,23-24H,2,4,9-12H2. The number of ether oxygens (including phenoxy) is 3. The van der Waals surface area contributed by atoms with Crippen molar-refractivity contribution in [1.29, 1.82) is 0 Å². The zero-order valence-electron chi connectivity index (χ0n) is 14.8. The molecule has 9 nitrogen and oxygen atoms in total. The van der Waals surface area contributed by atoms with Crippen LogP contribution in [-0.2, 0) is 14.2 Å². The first-order valence-electron chi connectivity index (χ1n) is 8.57. The second kappa shape index (κ2) is 11.0. The molecule has 2 N–H and O–H groups in total. The van der Waals surface area contributed by atoms with E-state index in [9.17, 15) is 10.2 Å². The number of allylic oxidation sites excluding steroid dienone is 6. The number of hydrogen-bond donors (Lipinski definition) is 2. The van der Waals surface area contributed by atoms with Gasteiger partial charge in [-0.15, -0.1) is 0 Å². The Kier molecular flexibility index (Phi) is 8.38. The molecule has 0 saturated heterocycles. The van der Waals surface area contributed by atoms with Crippen LogP contribution in [0.4, 0.5) is 0 Å². The third-order valence-electron chi connectivity index (χ3n) is 3.73. The SMILES string of the molecule is [N-]=[N+]=C1C=CC(OC(CCO)OC(CCO)OC2=CCC(=[N+]=[N-])C=C2)=CC1.